The topological polar surface area (TPSA) is 66.9 Å². The van der Waals surface area contributed by atoms with Gasteiger partial charge in [0.15, 0.2) is 0 Å². The fourth-order valence-corrected chi connectivity index (χ4v) is 2.03. The van der Waals surface area contributed by atoms with Crippen molar-refractivity contribution in [1.29, 1.82) is 0 Å². The van der Waals surface area contributed by atoms with E-state index in [-0.39, 0.29) is 30.6 Å². The Labute approximate surface area is 113 Å². The first kappa shape index (κ1) is 15.5. The van der Waals surface area contributed by atoms with Gasteiger partial charge < -0.3 is 14.5 Å². The highest BCUT2D eigenvalue weighted by molar-refractivity contribution is 5.82. The number of amides is 2. The largest absolute Gasteiger partial charge is 0.466 e. The number of hydrogen-bond acceptors (Lipinski definition) is 4. The predicted molar refractivity (Wildman–Crippen MR) is 69.3 cm³/mol. The molecule has 0 radical (unpaired) electrons. The van der Waals surface area contributed by atoms with Crippen molar-refractivity contribution in [2.45, 2.75) is 33.1 Å². The third-order valence-electron chi connectivity index (χ3n) is 3.14. The first-order valence-corrected chi connectivity index (χ1v) is 6.79. The number of rotatable bonds is 5. The van der Waals surface area contributed by atoms with Crippen LogP contribution in [0, 0.1) is 0 Å². The molecule has 0 aromatic heterocycles. The molecule has 0 aromatic rings. The molecule has 1 saturated heterocycles. The van der Waals surface area contributed by atoms with Gasteiger partial charge in [0.1, 0.15) is 0 Å². The molecular weight excluding hydrogens is 248 g/mol. The Hall–Kier alpha value is -1.59. The summed E-state index contributed by atoms with van der Waals surface area (Å²) in [6.07, 6.45) is 0.804. The number of esters is 1. The van der Waals surface area contributed by atoms with Crippen LogP contribution in [0.15, 0.2) is 0 Å². The lowest BCUT2D eigenvalue weighted by molar-refractivity contribution is -0.146. The molecule has 0 aromatic carbocycles. The van der Waals surface area contributed by atoms with Crippen molar-refractivity contribution in [2.24, 2.45) is 0 Å². The maximum atomic E-state index is 11.9. The van der Waals surface area contributed by atoms with Crippen LogP contribution in [0.25, 0.3) is 0 Å². The van der Waals surface area contributed by atoms with Gasteiger partial charge in [0.05, 0.1) is 13.0 Å². The number of carbonyl (C=O) groups is 3. The molecule has 0 spiro atoms. The molecule has 1 fully saturated rings. The molecule has 6 nitrogen and oxygen atoms in total. The van der Waals surface area contributed by atoms with Crippen LogP contribution < -0.4 is 0 Å². The number of ether oxygens (including phenoxy) is 1. The molecule has 0 N–H and O–H groups in total. The van der Waals surface area contributed by atoms with Gasteiger partial charge in [0.25, 0.3) is 0 Å². The van der Waals surface area contributed by atoms with E-state index in [0.717, 1.165) is 0 Å². The molecule has 0 bridgehead atoms. The van der Waals surface area contributed by atoms with Crippen molar-refractivity contribution in [3.8, 4) is 0 Å². The van der Waals surface area contributed by atoms with Gasteiger partial charge in [-0.1, -0.05) is 6.92 Å². The van der Waals surface area contributed by atoms with Crippen LogP contribution in [0.4, 0.5) is 0 Å². The third kappa shape index (κ3) is 4.89. The summed E-state index contributed by atoms with van der Waals surface area (Å²) in [5, 5.41) is 0. The minimum Gasteiger partial charge on any atom is -0.466 e. The van der Waals surface area contributed by atoms with Crippen molar-refractivity contribution in [1.82, 2.24) is 9.80 Å². The van der Waals surface area contributed by atoms with Gasteiger partial charge in [0, 0.05) is 39.0 Å². The van der Waals surface area contributed by atoms with Crippen LogP contribution in [0.5, 0.6) is 0 Å². The second kappa shape index (κ2) is 7.76. The highest BCUT2D eigenvalue weighted by atomic mass is 16.5. The zero-order valence-corrected chi connectivity index (χ0v) is 11.7. The number of hydrogen-bond donors (Lipinski definition) is 0. The summed E-state index contributed by atoms with van der Waals surface area (Å²) in [7, 11) is 0. The number of nitrogens with zero attached hydrogens (tertiary/aromatic N) is 2. The van der Waals surface area contributed by atoms with Crippen LogP contribution in [-0.4, -0.2) is 60.4 Å². The lowest BCUT2D eigenvalue weighted by Crippen LogP contribution is -2.50. The molecular formula is C13H22N2O4. The molecule has 0 unspecified atom stereocenters. The van der Waals surface area contributed by atoms with Crippen molar-refractivity contribution < 1.29 is 19.1 Å². The zero-order valence-electron chi connectivity index (χ0n) is 11.7. The second-order valence-electron chi connectivity index (χ2n) is 4.42. The van der Waals surface area contributed by atoms with E-state index in [4.69, 9.17) is 4.74 Å². The summed E-state index contributed by atoms with van der Waals surface area (Å²) in [4.78, 5) is 38.0. The molecule has 1 aliphatic heterocycles. The Morgan fingerprint density at radius 3 is 1.89 bits per heavy atom. The van der Waals surface area contributed by atoms with Crippen LogP contribution in [0.1, 0.15) is 33.1 Å². The predicted octanol–water partition coefficient (Wildman–Crippen LogP) is 0.410. The summed E-state index contributed by atoms with van der Waals surface area (Å²) < 4.78 is 4.78. The first-order valence-electron chi connectivity index (χ1n) is 6.79. The summed E-state index contributed by atoms with van der Waals surface area (Å²) in [5.74, 6) is -0.258. The van der Waals surface area contributed by atoms with E-state index in [1.807, 2.05) is 6.92 Å². The van der Waals surface area contributed by atoms with Gasteiger partial charge in [-0.2, -0.15) is 0 Å². The van der Waals surface area contributed by atoms with Crippen molar-refractivity contribution in [3.05, 3.63) is 0 Å². The minimum absolute atomic E-state index is 0.0448. The zero-order chi connectivity index (χ0) is 14.3. The lowest BCUT2D eigenvalue weighted by Gasteiger charge is -2.34. The lowest BCUT2D eigenvalue weighted by atomic mass is 10.2. The summed E-state index contributed by atoms with van der Waals surface area (Å²) in [6, 6.07) is 0. The van der Waals surface area contributed by atoms with Gasteiger partial charge in [-0.3, -0.25) is 14.4 Å². The minimum atomic E-state index is -0.337. The monoisotopic (exact) mass is 270 g/mol. The molecule has 19 heavy (non-hydrogen) atoms. The van der Waals surface area contributed by atoms with Crippen molar-refractivity contribution in [3.63, 3.8) is 0 Å². The Bertz CT molecular complexity index is 336. The average Bonchev–Trinajstić information content (AvgIpc) is 2.44. The van der Waals surface area contributed by atoms with Gasteiger partial charge in [-0.05, 0) is 6.92 Å². The van der Waals surface area contributed by atoms with E-state index in [0.29, 0.717) is 39.2 Å². The summed E-state index contributed by atoms with van der Waals surface area (Å²) in [5.41, 5.74) is 0. The van der Waals surface area contributed by atoms with Gasteiger partial charge in [-0.25, -0.2) is 0 Å². The fraction of sp³-hybridized carbons (Fsp3) is 0.769. The van der Waals surface area contributed by atoms with Gasteiger partial charge in [0.2, 0.25) is 11.8 Å². The first-order chi connectivity index (χ1) is 9.08. The number of piperazine rings is 1. The summed E-state index contributed by atoms with van der Waals surface area (Å²) >= 11 is 0. The van der Waals surface area contributed by atoms with E-state index >= 15 is 0 Å². The van der Waals surface area contributed by atoms with Crippen LogP contribution in [0.2, 0.25) is 0 Å². The molecule has 1 aliphatic rings. The quantitative estimate of drug-likeness (QED) is 0.679. The van der Waals surface area contributed by atoms with Crippen LogP contribution >= 0.6 is 0 Å². The van der Waals surface area contributed by atoms with E-state index in [1.54, 1.807) is 16.7 Å². The molecule has 6 heteroatoms. The Morgan fingerprint density at radius 1 is 0.895 bits per heavy atom. The molecule has 0 saturated carbocycles. The number of carbonyl (C=O) groups excluding carboxylic acids is 3. The average molecular weight is 270 g/mol. The van der Waals surface area contributed by atoms with Crippen molar-refractivity contribution in [2.75, 3.05) is 32.8 Å². The standard InChI is InChI=1S/C13H22N2O4/c1-3-11(16)14-7-9-15(10-8-14)12(17)5-6-13(18)19-4-2/h3-10H2,1-2H3. The Balaban J connectivity index is 2.29. The van der Waals surface area contributed by atoms with E-state index in [9.17, 15) is 14.4 Å². The smallest absolute Gasteiger partial charge is 0.306 e. The van der Waals surface area contributed by atoms with Gasteiger partial charge >= 0.3 is 5.97 Å². The maximum absolute atomic E-state index is 11.9. The van der Waals surface area contributed by atoms with Gasteiger partial charge in [-0.15, -0.1) is 0 Å². The SMILES string of the molecule is CCOC(=O)CCC(=O)N1CCN(C(=O)CC)CC1. The molecule has 0 aliphatic carbocycles. The summed E-state index contributed by atoms with van der Waals surface area (Å²) in [6.45, 7) is 6.17. The molecule has 1 heterocycles. The Morgan fingerprint density at radius 2 is 1.42 bits per heavy atom. The van der Waals surface area contributed by atoms with E-state index < -0.39 is 0 Å². The molecule has 108 valence electrons. The molecule has 2 amide bonds. The molecule has 1 rings (SSSR count). The maximum Gasteiger partial charge on any atom is 0.306 e. The Kier molecular flexibility index (Phi) is 6.32. The van der Waals surface area contributed by atoms with E-state index in [2.05, 4.69) is 0 Å². The van der Waals surface area contributed by atoms with Crippen LogP contribution in [-0.2, 0) is 19.1 Å². The fourth-order valence-electron chi connectivity index (χ4n) is 2.03. The molecule has 0 atom stereocenters. The van der Waals surface area contributed by atoms with Crippen molar-refractivity contribution >= 4 is 17.8 Å². The second-order valence-corrected chi connectivity index (χ2v) is 4.42. The highest BCUT2D eigenvalue weighted by Crippen LogP contribution is 2.07. The van der Waals surface area contributed by atoms with E-state index in [1.165, 1.54) is 0 Å². The highest BCUT2D eigenvalue weighted by Gasteiger charge is 2.23. The third-order valence-corrected chi connectivity index (χ3v) is 3.14. The van der Waals surface area contributed by atoms with Crippen LogP contribution in [0.3, 0.4) is 0 Å². The normalized spacial score (nSPS) is 15.3.